The number of fused-ring (bicyclic) bond motifs is 2. The van der Waals surface area contributed by atoms with Crippen LogP contribution in [-0.2, 0) is 16.6 Å². The number of aryl methyl sites for hydroxylation is 1. The van der Waals surface area contributed by atoms with Gasteiger partial charge < -0.3 is 15.3 Å². The molecule has 0 aromatic heterocycles. The number of hydrogen-bond acceptors (Lipinski definition) is 3. The van der Waals surface area contributed by atoms with Crippen LogP contribution in [0.25, 0.3) is 0 Å². The summed E-state index contributed by atoms with van der Waals surface area (Å²) in [6, 6.07) is 8.71. The quantitative estimate of drug-likeness (QED) is 0.770. The van der Waals surface area contributed by atoms with Crippen LogP contribution >= 0.6 is 11.8 Å². The second kappa shape index (κ2) is 7.91. The Labute approximate surface area is 159 Å². The number of carbonyl (C=O) groups is 2. The first kappa shape index (κ1) is 19.1. The highest BCUT2D eigenvalue weighted by atomic mass is 32.2. The molecule has 1 saturated heterocycles. The van der Waals surface area contributed by atoms with Crippen LogP contribution in [-0.4, -0.2) is 45.7 Å². The minimum Gasteiger partial charge on any atom is -0.465 e. The molecule has 1 aliphatic carbocycles. The van der Waals surface area contributed by atoms with E-state index in [1.807, 2.05) is 18.7 Å². The third kappa shape index (κ3) is 4.17. The SMILES string of the molecule is CC(C)SC(CC(=O)N1CCC2(CCc3ccccc32)CC1)NC(=O)O. The molecule has 0 saturated carbocycles. The molecule has 2 N–H and O–H groups in total. The minimum absolute atomic E-state index is 0.0537. The highest BCUT2D eigenvalue weighted by Gasteiger charge is 2.41. The number of benzene rings is 1. The van der Waals surface area contributed by atoms with Crippen molar-refractivity contribution >= 4 is 23.8 Å². The Morgan fingerprint density at radius 3 is 2.58 bits per heavy atom. The molecule has 0 radical (unpaired) electrons. The number of piperidine rings is 1. The molecular weight excluding hydrogens is 348 g/mol. The number of rotatable bonds is 5. The molecule has 1 spiro atoms. The molecule has 5 nitrogen and oxygen atoms in total. The summed E-state index contributed by atoms with van der Waals surface area (Å²) in [5, 5.41) is 11.4. The van der Waals surface area contributed by atoms with Crippen molar-refractivity contribution in [2.24, 2.45) is 0 Å². The average Bonchev–Trinajstić information content (AvgIpc) is 2.93. The van der Waals surface area contributed by atoms with Crippen LogP contribution in [0.1, 0.15) is 50.7 Å². The average molecular weight is 377 g/mol. The number of nitrogens with one attached hydrogen (secondary N) is 1. The van der Waals surface area contributed by atoms with Crippen LogP contribution < -0.4 is 5.32 Å². The van der Waals surface area contributed by atoms with Crippen LogP contribution in [0.15, 0.2) is 24.3 Å². The van der Waals surface area contributed by atoms with E-state index in [9.17, 15) is 9.59 Å². The molecule has 1 unspecified atom stereocenters. The lowest BCUT2D eigenvalue weighted by Crippen LogP contribution is -2.46. The van der Waals surface area contributed by atoms with Gasteiger partial charge in [0.15, 0.2) is 0 Å². The van der Waals surface area contributed by atoms with Gasteiger partial charge in [-0.25, -0.2) is 4.79 Å². The van der Waals surface area contributed by atoms with Crippen LogP contribution in [0.5, 0.6) is 0 Å². The predicted octanol–water partition coefficient (Wildman–Crippen LogP) is 3.62. The lowest BCUT2D eigenvalue weighted by molar-refractivity contribution is -0.132. The van der Waals surface area contributed by atoms with Gasteiger partial charge in [-0.15, -0.1) is 11.8 Å². The van der Waals surface area contributed by atoms with Crippen LogP contribution in [0.3, 0.4) is 0 Å². The number of nitrogens with zero attached hydrogens (tertiary/aromatic N) is 1. The monoisotopic (exact) mass is 376 g/mol. The Balaban J connectivity index is 1.59. The summed E-state index contributed by atoms with van der Waals surface area (Å²) >= 11 is 1.49. The molecule has 6 heteroatoms. The summed E-state index contributed by atoms with van der Waals surface area (Å²) < 4.78 is 0. The van der Waals surface area contributed by atoms with E-state index in [-0.39, 0.29) is 28.4 Å². The summed E-state index contributed by atoms with van der Waals surface area (Å²) in [7, 11) is 0. The molecule has 142 valence electrons. The summed E-state index contributed by atoms with van der Waals surface area (Å²) in [6.07, 6.45) is 3.48. The standard InChI is InChI=1S/C20H28N2O3S/c1-14(2)26-17(21-19(24)25)13-18(23)22-11-9-20(10-12-22)8-7-15-5-3-4-6-16(15)20/h3-6,14,17,21H,7-13H2,1-2H3,(H,24,25). The molecule has 1 atom stereocenters. The summed E-state index contributed by atoms with van der Waals surface area (Å²) in [5.41, 5.74) is 3.18. The van der Waals surface area contributed by atoms with Gasteiger partial charge in [-0.3, -0.25) is 4.79 Å². The van der Waals surface area contributed by atoms with Crippen molar-refractivity contribution in [3.05, 3.63) is 35.4 Å². The van der Waals surface area contributed by atoms with Crippen molar-refractivity contribution in [3.8, 4) is 0 Å². The maximum atomic E-state index is 12.7. The number of carbonyl (C=O) groups excluding carboxylic acids is 1. The smallest absolute Gasteiger partial charge is 0.405 e. The lowest BCUT2D eigenvalue weighted by Gasteiger charge is -2.40. The van der Waals surface area contributed by atoms with Crippen molar-refractivity contribution in [2.45, 2.75) is 62.0 Å². The number of likely N-dealkylation sites (tertiary alicyclic amines) is 1. The van der Waals surface area contributed by atoms with Crippen molar-refractivity contribution in [1.82, 2.24) is 10.2 Å². The molecule has 2 aliphatic rings. The van der Waals surface area contributed by atoms with Gasteiger partial charge >= 0.3 is 6.09 Å². The van der Waals surface area contributed by atoms with Gasteiger partial charge in [0.2, 0.25) is 5.91 Å². The molecule has 0 bridgehead atoms. The highest BCUT2D eigenvalue weighted by Crippen LogP contribution is 2.46. The molecule has 1 fully saturated rings. The van der Waals surface area contributed by atoms with Gasteiger partial charge in [-0.05, 0) is 42.2 Å². The van der Waals surface area contributed by atoms with Gasteiger partial charge in [-0.2, -0.15) is 0 Å². The second-order valence-electron chi connectivity index (χ2n) is 7.65. The predicted molar refractivity (Wildman–Crippen MR) is 105 cm³/mol. The first-order valence-electron chi connectivity index (χ1n) is 9.41. The zero-order valence-electron chi connectivity index (χ0n) is 15.5. The third-order valence-corrected chi connectivity index (χ3v) is 6.77. The fourth-order valence-electron chi connectivity index (χ4n) is 4.35. The van der Waals surface area contributed by atoms with E-state index < -0.39 is 6.09 Å². The zero-order chi connectivity index (χ0) is 18.7. The topological polar surface area (TPSA) is 69.6 Å². The van der Waals surface area contributed by atoms with Crippen molar-refractivity contribution in [2.75, 3.05) is 13.1 Å². The Morgan fingerprint density at radius 2 is 1.92 bits per heavy atom. The highest BCUT2D eigenvalue weighted by molar-refractivity contribution is 8.00. The first-order valence-corrected chi connectivity index (χ1v) is 10.3. The molecule has 2 amide bonds. The van der Waals surface area contributed by atoms with Crippen molar-refractivity contribution < 1.29 is 14.7 Å². The summed E-state index contributed by atoms with van der Waals surface area (Å²) in [4.78, 5) is 25.6. The Bertz CT molecular complexity index is 669. The fraction of sp³-hybridized carbons (Fsp3) is 0.600. The van der Waals surface area contributed by atoms with Gasteiger partial charge in [-0.1, -0.05) is 38.1 Å². The van der Waals surface area contributed by atoms with Crippen molar-refractivity contribution in [1.29, 1.82) is 0 Å². The van der Waals surface area contributed by atoms with Crippen LogP contribution in [0, 0.1) is 0 Å². The molecule has 1 aromatic carbocycles. The zero-order valence-corrected chi connectivity index (χ0v) is 16.3. The van der Waals surface area contributed by atoms with Crippen LogP contribution in [0.4, 0.5) is 4.79 Å². The molecule has 3 rings (SSSR count). The van der Waals surface area contributed by atoms with Crippen LogP contribution in [0.2, 0.25) is 0 Å². The Hall–Kier alpha value is -1.69. The summed E-state index contributed by atoms with van der Waals surface area (Å²) in [6.45, 7) is 5.54. The maximum absolute atomic E-state index is 12.7. The molecule has 1 aliphatic heterocycles. The van der Waals surface area contributed by atoms with E-state index in [1.54, 1.807) is 0 Å². The van der Waals surface area contributed by atoms with E-state index in [4.69, 9.17) is 5.11 Å². The molecule has 1 aromatic rings. The maximum Gasteiger partial charge on any atom is 0.405 e. The van der Waals surface area contributed by atoms with E-state index in [0.717, 1.165) is 32.4 Å². The van der Waals surface area contributed by atoms with E-state index in [1.165, 1.54) is 29.3 Å². The van der Waals surface area contributed by atoms with E-state index in [2.05, 4.69) is 29.6 Å². The van der Waals surface area contributed by atoms with E-state index >= 15 is 0 Å². The van der Waals surface area contributed by atoms with E-state index in [0.29, 0.717) is 0 Å². The number of amides is 2. The first-order chi connectivity index (χ1) is 12.4. The molecular formula is C20H28N2O3S. The largest absolute Gasteiger partial charge is 0.465 e. The number of carboxylic acid groups (broad SMARTS) is 1. The number of hydrogen-bond donors (Lipinski definition) is 2. The number of thioether (sulfide) groups is 1. The summed E-state index contributed by atoms with van der Waals surface area (Å²) in [5.74, 6) is 0.0537. The van der Waals surface area contributed by atoms with Crippen molar-refractivity contribution in [3.63, 3.8) is 0 Å². The van der Waals surface area contributed by atoms with Gasteiger partial charge in [0, 0.05) is 18.3 Å². The second-order valence-corrected chi connectivity index (χ2v) is 9.43. The third-order valence-electron chi connectivity index (χ3n) is 5.62. The van der Waals surface area contributed by atoms with Gasteiger partial charge in [0.05, 0.1) is 11.8 Å². The lowest BCUT2D eigenvalue weighted by atomic mass is 9.74. The Kier molecular flexibility index (Phi) is 5.80. The fourth-order valence-corrected chi connectivity index (χ4v) is 5.42. The normalized spacial score (nSPS) is 19.4. The molecule has 1 heterocycles. The Morgan fingerprint density at radius 1 is 1.23 bits per heavy atom. The molecule has 26 heavy (non-hydrogen) atoms. The van der Waals surface area contributed by atoms with Gasteiger partial charge in [0.1, 0.15) is 0 Å². The minimum atomic E-state index is -1.07. The van der Waals surface area contributed by atoms with Gasteiger partial charge in [0.25, 0.3) is 0 Å².